The molecule has 2 aliphatic rings. The molecule has 2 aliphatic heterocycles. The Kier molecular flexibility index (Phi) is 3.46. The van der Waals surface area contributed by atoms with E-state index >= 15 is 0 Å². The zero-order valence-electron chi connectivity index (χ0n) is 11.9. The molecule has 108 valence electrons. The third-order valence-electron chi connectivity index (χ3n) is 2.79. The zero-order chi connectivity index (χ0) is 15.9. The molecule has 0 saturated carbocycles. The van der Waals surface area contributed by atoms with E-state index in [9.17, 15) is 19.2 Å². The van der Waals surface area contributed by atoms with E-state index in [1.807, 2.05) is 0 Å². The third kappa shape index (κ3) is 2.35. The van der Waals surface area contributed by atoms with Crippen molar-refractivity contribution in [2.24, 2.45) is 0 Å². The molecule has 8 nitrogen and oxygen atoms in total. The minimum atomic E-state index is -0.549. The maximum absolute atomic E-state index is 11.9. The predicted octanol–water partition coefficient (Wildman–Crippen LogP) is 1.05. The monoisotopic (exact) mass is 288 g/mol. The van der Waals surface area contributed by atoms with E-state index in [4.69, 9.17) is 0 Å². The van der Waals surface area contributed by atoms with E-state index in [0.717, 1.165) is 4.57 Å². The molecule has 0 saturated heterocycles. The number of carbonyl (C=O) groups is 4. The van der Waals surface area contributed by atoms with Crippen molar-refractivity contribution < 1.29 is 19.2 Å². The molecule has 8 heteroatoms. The Morgan fingerprint density at radius 2 is 1.43 bits per heavy atom. The van der Waals surface area contributed by atoms with Crippen LogP contribution in [0.2, 0.25) is 0 Å². The van der Waals surface area contributed by atoms with Gasteiger partial charge in [0.25, 0.3) is 0 Å². The van der Waals surface area contributed by atoms with Gasteiger partial charge in [-0.2, -0.15) is 0 Å². The maximum atomic E-state index is 11.9. The normalized spacial score (nSPS) is 10.7. The van der Waals surface area contributed by atoms with E-state index in [1.165, 1.54) is 27.7 Å². The molecule has 0 atom stereocenters. The van der Waals surface area contributed by atoms with E-state index < -0.39 is 23.3 Å². The Bertz CT molecular complexity index is 775. The molecule has 0 aromatic carbocycles. The van der Waals surface area contributed by atoms with Gasteiger partial charge in [-0.15, -0.1) is 0 Å². The second-order valence-corrected chi connectivity index (χ2v) is 4.53. The standard InChI is InChI=1S/C13H12N4O4/c1-5(18)10-9-12(15-11(14-9)6(2)19)16-13(7(3)20)17(10)8(4)21/h1-4H3. The number of hydrogen-bond donors (Lipinski definition) is 0. The van der Waals surface area contributed by atoms with Gasteiger partial charge in [0.15, 0.2) is 34.8 Å². The summed E-state index contributed by atoms with van der Waals surface area (Å²) >= 11 is 0. The zero-order valence-corrected chi connectivity index (χ0v) is 11.9. The fourth-order valence-corrected chi connectivity index (χ4v) is 1.96. The lowest BCUT2D eigenvalue weighted by Gasteiger charge is -2.14. The van der Waals surface area contributed by atoms with Crippen LogP contribution in [0.3, 0.4) is 0 Å². The second kappa shape index (κ2) is 4.97. The summed E-state index contributed by atoms with van der Waals surface area (Å²) in [4.78, 5) is 58.5. The molecular weight excluding hydrogens is 276 g/mol. The maximum Gasteiger partial charge on any atom is 0.229 e. The number of ketones is 3. The summed E-state index contributed by atoms with van der Waals surface area (Å²) in [5.41, 5.74) is -0.0643. The Labute approximate surface area is 119 Å². The summed E-state index contributed by atoms with van der Waals surface area (Å²) in [5, 5.41) is 0. The van der Waals surface area contributed by atoms with Gasteiger partial charge in [-0.1, -0.05) is 0 Å². The van der Waals surface area contributed by atoms with Crippen molar-refractivity contribution in [2.45, 2.75) is 27.7 Å². The van der Waals surface area contributed by atoms with Gasteiger partial charge in [-0.3, -0.25) is 23.7 Å². The molecule has 2 rings (SSSR count). The largest absolute Gasteiger partial charge is 0.293 e. The Morgan fingerprint density at radius 1 is 0.810 bits per heavy atom. The minimum absolute atomic E-state index is 0.00639. The van der Waals surface area contributed by atoms with E-state index in [1.54, 1.807) is 0 Å². The summed E-state index contributed by atoms with van der Waals surface area (Å²) in [6, 6.07) is 0. The van der Waals surface area contributed by atoms with E-state index in [-0.39, 0.29) is 28.9 Å². The number of carbonyl (C=O) groups excluding carboxylic acids is 4. The van der Waals surface area contributed by atoms with Gasteiger partial charge in [0.1, 0.15) is 11.4 Å². The fraction of sp³-hybridized carbons (Fsp3) is 0.308. The van der Waals surface area contributed by atoms with Gasteiger partial charge >= 0.3 is 0 Å². The highest BCUT2D eigenvalue weighted by molar-refractivity contribution is 6.05. The first-order valence-corrected chi connectivity index (χ1v) is 6.08. The molecule has 0 spiro atoms. The SMILES string of the molecule is CC(=O)c1nc2nc(C(C)=O)n(C(C)=O)c(C(C)=O)c-2n1. The number of nitrogens with zero attached hydrogens (tertiary/aromatic N) is 4. The van der Waals surface area contributed by atoms with Crippen LogP contribution >= 0.6 is 0 Å². The van der Waals surface area contributed by atoms with Crippen LogP contribution in [0, 0.1) is 0 Å². The minimum Gasteiger partial charge on any atom is -0.293 e. The molecular formula is C13H12N4O4. The number of fused-ring (bicyclic) bond motifs is 1. The van der Waals surface area contributed by atoms with Gasteiger partial charge in [0, 0.05) is 27.7 Å². The van der Waals surface area contributed by atoms with Gasteiger partial charge in [0.2, 0.25) is 5.91 Å². The smallest absolute Gasteiger partial charge is 0.229 e. The predicted molar refractivity (Wildman–Crippen MR) is 70.8 cm³/mol. The van der Waals surface area contributed by atoms with Crippen LogP contribution in [0.15, 0.2) is 0 Å². The molecule has 0 fully saturated rings. The first-order valence-electron chi connectivity index (χ1n) is 6.08. The lowest BCUT2D eigenvalue weighted by atomic mass is 10.2. The highest BCUT2D eigenvalue weighted by Crippen LogP contribution is 2.24. The van der Waals surface area contributed by atoms with E-state index in [0.29, 0.717) is 0 Å². The highest BCUT2D eigenvalue weighted by Gasteiger charge is 2.29. The molecule has 0 aromatic rings. The van der Waals surface area contributed by atoms with Crippen LogP contribution in [-0.2, 0) is 0 Å². The van der Waals surface area contributed by atoms with Crippen LogP contribution in [0.4, 0.5) is 0 Å². The van der Waals surface area contributed by atoms with Crippen LogP contribution in [0.1, 0.15) is 64.2 Å². The summed E-state index contributed by atoms with van der Waals surface area (Å²) in [7, 11) is 0. The Balaban J connectivity index is 2.98. The van der Waals surface area contributed by atoms with Crippen LogP contribution < -0.4 is 0 Å². The summed E-state index contributed by atoms with van der Waals surface area (Å²) in [6.07, 6.45) is 0. The summed E-state index contributed by atoms with van der Waals surface area (Å²) < 4.78 is 0.908. The van der Waals surface area contributed by atoms with Crippen LogP contribution in [0.25, 0.3) is 11.5 Å². The Morgan fingerprint density at radius 3 is 1.86 bits per heavy atom. The second-order valence-electron chi connectivity index (χ2n) is 4.53. The fourth-order valence-electron chi connectivity index (χ4n) is 1.96. The van der Waals surface area contributed by atoms with Crippen molar-refractivity contribution in [3.05, 3.63) is 17.3 Å². The summed E-state index contributed by atoms with van der Waals surface area (Å²) in [6.45, 7) is 4.93. The molecule has 0 amide bonds. The average Bonchev–Trinajstić information content (AvgIpc) is 2.79. The molecule has 0 bridgehead atoms. The van der Waals surface area contributed by atoms with E-state index in [2.05, 4.69) is 15.0 Å². The van der Waals surface area contributed by atoms with Crippen molar-refractivity contribution in [2.75, 3.05) is 0 Å². The first-order chi connectivity index (χ1) is 9.73. The average molecular weight is 288 g/mol. The van der Waals surface area contributed by atoms with Crippen molar-refractivity contribution in [3.8, 4) is 11.5 Å². The van der Waals surface area contributed by atoms with Crippen molar-refractivity contribution in [3.63, 3.8) is 0 Å². The van der Waals surface area contributed by atoms with Crippen molar-refractivity contribution in [1.82, 2.24) is 19.5 Å². The lowest BCUT2D eigenvalue weighted by molar-refractivity contribution is 0.0882. The molecule has 0 unspecified atom stereocenters. The molecule has 0 N–H and O–H groups in total. The first kappa shape index (κ1) is 14.6. The quantitative estimate of drug-likeness (QED) is 0.775. The van der Waals surface area contributed by atoms with Gasteiger partial charge in [-0.05, 0) is 0 Å². The number of imidazole rings is 1. The van der Waals surface area contributed by atoms with Crippen molar-refractivity contribution in [1.29, 1.82) is 0 Å². The number of rotatable bonds is 3. The van der Waals surface area contributed by atoms with Gasteiger partial charge in [0.05, 0.1) is 0 Å². The molecule has 0 radical (unpaired) electrons. The number of Topliss-reactive ketones (excluding diaryl/α,β-unsaturated/α-hetero) is 3. The van der Waals surface area contributed by atoms with Crippen molar-refractivity contribution >= 4 is 23.3 Å². The molecule has 0 aromatic heterocycles. The number of aromatic nitrogens is 4. The molecule has 2 heterocycles. The molecule has 0 aliphatic carbocycles. The summed E-state index contributed by atoms with van der Waals surface area (Å²) in [5.74, 6) is -2.26. The van der Waals surface area contributed by atoms with Crippen LogP contribution in [0.5, 0.6) is 0 Å². The van der Waals surface area contributed by atoms with Gasteiger partial charge < -0.3 is 0 Å². The third-order valence-corrected chi connectivity index (χ3v) is 2.79. The number of hydrogen-bond acceptors (Lipinski definition) is 7. The topological polar surface area (TPSA) is 112 Å². The Hall–Kier alpha value is -2.77. The van der Waals surface area contributed by atoms with Crippen LogP contribution in [-0.4, -0.2) is 42.8 Å². The lowest BCUT2D eigenvalue weighted by Crippen LogP contribution is -2.25. The molecule has 21 heavy (non-hydrogen) atoms. The van der Waals surface area contributed by atoms with Gasteiger partial charge in [-0.25, -0.2) is 15.0 Å². The highest BCUT2D eigenvalue weighted by atomic mass is 16.2.